The van der Waals surface area contributed by atoms with Crippen LogP contribution >= 0.6 is 0 Å². The van der Waals surface area contributed by atoms with E-state index >= 15 is 0 Å². The van der Waals surface area contributed by atoms with Gasteiger partial charge in [0.25, 0.3) is 0 Å². The Balaban J connectivity index is 2.09. The van der Waals surface area contributed by atoms with Gasteiger partial charge in [-0.2, -0.15) is 0 Å². The summed E-state index contributed by atoms with van der Waals surface area (Å²) in [6, 6.07) is 7.77. The highest BCUT2D eigenvalue weighted by atomic mass is 19.1. The number of halogens is 1. The maximum absolute atomic E-state index is 13.8. The standard InChI is InChI=1S/C18H23FN4O2/c1-22(2)9-10-23(13-14-5-4-8-20-12-14)18(24)21-15-6-7-17(25-3)16(19)11-15/h4-8,11-12H,9-10,13H2,1-3H3,(H,21,24). The topological polar surface area (TPSA) is 57.7 Å². The Kier molecular flexibility index (Phi) is 6.71. The van der Waals surface area contributed by atoms with Crippen molar-refractivity contribution in [2.24, 2.45) is 0 Å². The number of likely N-dealkylation sites (N-methyl/N-ethyl adjacent to an activating group) is 1. The van der Waals surface area contributed by atoms with Gasteiger partial charge in [-0.25, -0.2) is 9.18 Å². The molecule has 0 saturated carbocycles. The molecule has 2 amide bonds. The van der Waals surface area contributed by atoms with Crippen LogP contribution < -0.4 is 10.1 Å². The smallest absolute Gasteiger partial charge is 0.322 e. The first kappa shape index (κ1) is 18.7. The number of hydrogen-bond donors (Lipinski definition) is 1. The predicted molar refractivity (Wildman–Crippen MR) is 95.2 cm³/mol. The number of carbonyl (C=O) groups is 1. The Labute approximate surface area is 147 Å². The Morgan fingerprint density at radius 1 is 1.28 bits per heavy atom. The fourth-order valence-electron chi connectivity index (χ4n) is 2.23. The van der Waals surface area contributed by atoms with Crippen LogP contribution in [-0.4, -0.2) is 55.1 Å². The third kappa shape index (κ3) is 5.72. The van der Waals surface area contributed by atoms with Crippen LogP contribution in [0.3, 0.4) is 0 Å². The van der Waals surface area contributed by atoms with Crippen molar-refractivity contribution in [3.63, 3.8) is 0 Å². The van der Waals surface area contributed by atoms with E-state index in [9.17, 15) is 9.18 Å². The largest absolute Gasteiger partial charge is 0.494 e. The van der Waals surface area contributed by atoms with Crippen molar-refractivity contribution in [2.45, 2.75) is 6.54 Å². The Hall–Kier alpha value is -2.67. The van der Waals surface area contributed by atoms with Crippen molar-refractivity contribution >= 4 is 11.7 Å². The molecule has 0 atom stereocenters. The van der Waals surface area contributed by atoms with Gasteiger partial charge in [0.05, 0.1) is 7.11 Å². The van der Waals surface area contributed by atoms with Gasteiger partial charge in [-0.05, 0) is 37.9 Å². The van der Waals surface area contributed by atoms with Gasteiger partial charge in [-0.15, -0.1) is 0 Å². The van der Waals surface area contributed by atoms with Crippen LogP contribution in [0.15, 0.2) is 42.7 Å². The maximum Gasteiger partial charge on any atom is 0.322 e. The van der Waals surface area contributed by atoms with Gasteiger partial charge in [0.1, 0.15) is 0 Å². The molecule has 0 aliphatic carbocycles. The number of nitrogens with zero attached hydrogens (tertiary/aromatic N) is 3. The molecule has 1 heterocycles. The number of aromatic nitrogens is 1. The van der Waals surface area contributed by atoms with Crippen LogP contribution in [0.2, 0.25) is 0 Å². The van der Waals surface area contributed by atoms with Crippen molar-refractivity contribution < 1.29 is 13.9 Å². The first-order valence-corrected chi connectivity index (χ1v) is 7.92. The molecule has 1 aromatic carbocycles. The summed E-state index contributed by atoms with van der Waals surface area (Å²) < 4.78 is 18.7. The Bertz CT molecular complexity index is 695. The predicted octanol–water partition coefficient (Wildman–Crippen LogP) is 2.83. The molecule has 134 valence electrons. The molecule has 0 saturated heterocycles. The van der Waals surface area contributed by atoms with Crippen molar-refractivity contribution in [3.05, 3.63) is 54.1 Å². The normalized spacial score (nSPS) is 10.6. The zero-order valence-electron chi connectivity index (χ0n) is 14.7. The number of urea groups is 1. The third-order valence-electron chi connectivity index (χ3n) is 3.60. The van der Waals surface area contributed by atoms with Crippen LogP contribution in [0.5, 0.6) is 5.75 Å². The quantitative estimate of drug-likeness (QED) is 0.838. The molecule has 1 N–H and O–H groups in total. The molecular weight excluding hydrogens is 323 g/mol. The van der Waals surface area contributed by atoms with Gasteiger partial charge >= 0.3 is 6.03 Å². The molecule has 0 unspecified atom stereocenters. The van der Waals surface area contributed by atoms with Gasteiger partial charge < -0.3 is 19.9 Å². The number of rotatable bonds is 7. The molecule has 0 bridgehead atoms. The second-order valence-corrected chi connectivity index (χ2v) is 5.87. The molecule has 0 aliphatic heterocycles. The van der Waals surface area contributed by atoms with Gasteiger partial charge in [-0.3, -0.25) is 4.98 Å². The van der Waals surface area contributed by atoms with Gasteiger partial charge in [0, 0.05) is 43.8 Å². The van der Waals surface area contributed by atoms with Crippen LogP contribution in [0.1, 0.15) is 5.56 Å². The van der Waals surface area contributed by atoms with E-state index in [-0.39, 0.29) is 11.8 Å². The van der Waals surface area contributed by atoms with Crippen molar-refractivity contribution in [1.29, 1.82) is 0 Å². The third-order valence-corrected chi connectivity index (χ3v) is 3.60. The number of benzene rings is 1. The zero-order chi connectivity index (χ0) is 18.2. The van der Waals surface area contributed by atoms with Crippen LogP contribution in [0, 0.1) is 5.82 Å². The van der Waals surface area contributed by atoms with E-state index in [2.05, 4.69) is 10.3 Å². The number of pyridine rings is 1. The number of carbonyl (C=O) groups excluding carboxylic acids is 1. The van der Waals surface area contributed by atoms with Crippen LogP contribution in [0.25, 0.3) is 0 Å². The molecule has 0 fully saturated rings. The lowest BCUT2D eigenvalue weighted by molar-refractivity contribution is 0.202. The molecule has 0 radical (unpaired) electrons. The van der Waals surface area contributed by atoms with E-state index in [1.54, 1.807) is 23.4 Å². The lowest BCUT2D eigenvalue weighted by Crippen LogP contribution is -2.39. The molecule has 1 aromatic heterocycles. The molecule has 0 spiro atoms. The molecule has 6 nitrogen and oxygen atoms in total. The second kappa shape index (κ2) is 8.98. The molecule has 7 heteroatoms. The summed E-state index contributed by atoms with van der Waals surface area (Å²) in [5.41, 5.74) is 1.31. The average molecular weight is 346 g/mol. The molecule has 0 aliphatic rings. The summed E-state index contributed by atoms with van der Waals surface area (Å²) in [5.74, 6) is -0.384. The van der Waals surface area contributed by atoms with E-state index in [1.165, 1.54) is 19.2 Å². The summed E-state index contributed by atoms with van der Waals surface area (Å²) in [6.45, 7) is 1.67. The monoisotopic (exact) mass is 346 g/mol. The van der Waals surface area contributed by atoms with E-state index in [4.69, 9.17) is 4.74 Å². The molecule has 25 heavy (non-hydrogen) atoms. The number of nitrogens with one attached hydrogen (secondary N) is 1. The average Bonchev–Trinajstić information content (AvgIpc) is 2.59. The zero-order valence-corrected chi connectivity index (χ0v) is 14.7. The minimum atomic E-state index is -0.521. The summed E-state index contributed by atoms with van der Waals surface area (Å²) in [5, 5.41) is 2.73. The summed E-state index contributed by atoms with van der Waals surface area (Å²) in [7, 11) is 5.28. The summed E-state index contributed by atoms with van der Waals surface area (Å²) in [6.07, 6.45) is 3.41. The fraction of sp³-hybridized carbons (Fsp3) is 0.333. The summed E-state index contributed by atoms with van der Waals surface area (Å²) >= 11 is 0. The Morgan fingerprint density at radius 2 is 2.08 bits per heavy atom. The fourth-order valence-corrected chi connectivity index (χ4v) is 2.23. The number of methoxy groups -OCH3 is 1. The molecular formula is C18H23FN4O2. The highest BCUT2D eigenvalue weighted by Gasteiger charge is 2.15. The maximum atomic E-state index is 13.8. The second-order valence-electron chi connectivity index (χ2n) is 5.87. The number of ether oxygens (including phenoxy) is 1. The van der Waals surface area contributed by atoms with Crippen LogP contribution in [-0.2, 0) is 6.54 Å². The number of amides is 2. The number of anilines is 1. The first-order chi connectivity index (χ1) is 12.0. The minimum Gasteiger partial charge on any atom is -0.494 e. The van der Waals surface area contributed by atoms with E-state index in [1.807, 2.05) is 31.1 Å². The minimum absolute atomic E-state index is 0.137. The molecule has 2 aromatic rings. The number of hydrogen-bond acceptors (Lipinski definition) is 4. The van der Waals surface area contributed by atoms with E-state index in [0.717, 1.165) is 5.56 Å². The van der Waals surface area contributed by atoms with Crippen molar-refractivity contribution in [1.82, 2.24) is 14.8 Å². The molecule has 2 rings (SSSR count). The van der Waals surface area contributed by atoms with Gasteiger partial charge in [0.15, 0.2) is 11.6 Å². The highest BCUT2D eigenvalue weighted by Crippen LogP contribution is 2.21. The SMILES string of the molecule is COc1ccc(NC(=O)N(CCN(C)C)Cc2cccnc2)cc1F. The van der Waals surface area contributed by atoms with Crippen LogP contribution in [0.4, 0.5) is 14.9 Å². The lowest BCUT2D eigenvalue weighted by Gasteiger charge is -2.25. The highest BCUT2D eigenvalue weighted by molar-refractivity contribution is 5.89. The van der Waals surface area contributed by atoms with Gasteiger partial charge in [-0.1, -0.05) is 6.07 Å². The van der Waals surface area contributed by atoms with Crippen molar-refractivity contribution in [3.8, 4) is 5.75 Å². The lowest BCUT2D eigenvalue weighted by atomic mass is 10.2. The van der Waals surface area contributed by atoms with E-state index in [0.29, 0.717) is 25.3 Å². The van der Waals surface area contributed by atoms with Crippen molar-refractivity contribution in [2.75, 3.05) is 39.6 Å². The Morgan fingerprint density at radius 3 is 2.68 bits per heavy atom. The van der Waals surface area contributed by atoms with Gasteiger partial charge in [0.2, 0.25) is 0 Å². The van der Waals surface area contributed by atoms with E-state index < -0.39 is 5.82 Å². The summed E-state index contributed by atoms with van der Waals surface area (Å²) in [4.78, 5) is 20.4. The first-order valence-electron chi connectivity index (χ1n) is 7.92.